The maximum absolute atomic E-state index is 4.98. The zero-order valence-corrected chi connectivity index (χ0v) is 19.6. The van der Waals surface area contributed by atoms with E-state index >= 15 is 0 Å². The highest BCUT2D eigenvalue weighted by Crippen LogP contribution is 2.41. The van der Waals surface area contributed by atoms with E-state index in [1.807, 2.05) is 36.4 Å². The van der Waals surface area contributed by atoms with Gasteiger partial charge in [-0.2, -0.15) is 0 Å². The van der Waals surface area contributed by atoms with Gasteiger partial charge in [-0.25, -0.2) is 4.98 Å². The molecule has 0 saturated carbocycles. The zero-order chi connectivity index (χ0) is 24.2. The van der Waals surface area contributed by atoms with Crippen molar-refractivity contribution in [1.82, 2.24) is 15.0 Å². The lowest BCUT2D eigenvalue weighted by atomic mass is 9.87. The Bertz CT molecular complexity index is 1480. The third kappa shape index (κ3) is 4.30. The minimum absolute atomic E-state index is 0.815. The lowest BCUT2D eigenvalue weighted by Crippen LogP contribution is -1.96. The van der Waals surface area contributed by atoms with Crippen LogP contribution in [0.4, 0.5) is 0 Å². The Morgan fingerprint density at radius 1 is 0.361 bits per heavy atom. The van der Waals surface area contributed by atoms with Gasteiger partial charge >= 0.3 is 0 Å². The van der Waals surface area contributed by atoms with E-state index in [1.54, 1.807) is 12.4 Å². The Morgan fingerprint density at radius 3 is 1.28 bits per heavy atom. The summed E-state index contributed by atoms with van der Waals surface area (Å²) in [6.45, 7) is 0. The molecular weight excluding hydrogens is 438 g/mol. The van der Waals surface area contributed by atoms with Gasteiger partial charge in [-0.15, -0.1) is 0 Å². The summed E-state index contributed by atoms with van der Waals surface area (Å²) < 4.78 is 0. The first-order valence-electron chi connectivity index (χ1n) is 12.0. The van der Waals surface area contributed by atoms with Crippen LogP contribution in [0.25, 0.3) is 56.2 Å². The summed E-state index contributed by atoms with van der Waals surface area (Å²) in [5.41, 5.74) is 10.2. The van der Waals surface area contributed by atoms with Gasteiger partial charge in [0.25, 0.3) is 0 Å². The second kappa shape index (κ2) is 9.77. The van der Waals surface area contributed by atoms with E-state index in [9.17, 15) is 0 Å². The first-order valence-corrected chi connectivity index (χ1v) is 12.0. The minimum Gasteiger partial charge on any atom is -0.255 e. The predicted octanol–water partition coefficient (Wildman–Crippen LogP) is 8.21. The van der Waals surface area contributed by atoms with Crippen molar-refractivity contribution in [2.75, 3.05) is 0 Å². The number of hydrogen-bond donors (Lipinski definition) is 0. The molecule has 0 amide bonds. The quantitative estimate of drug-likeness (QED) is 0.260. The van der Waals surface area contributed by atoms with Gasteiger partial charge in [0, 0.05) is 12.4 Å². The van der Waals surface area contributed by atoms with E-state index in [4.69, 9.17) is 4.98 Å². The maximum Gasteiger partial charge on any atom is 0.0900 e. The summed E-state index contributed by atoms with van der Waals surface area (Å²) in [5, 5.41) is 0. The van der Waals surface area contributed by atoms with Crippen molar-refractivity contribution >= 4 is 0 Å². The van der Waals surface area contributed by atoms with E-state index in [-0.39, 0.29) is 0 Å². The van der Waals surface area contributed by atoms with Crippen molar-refractivity contribution < 1.29 is 0 Å². The van der Waals surface area contributed by atoms with Gasteiger partial charge < -0.3 is 0 Å². The molecule has 6 aromatic rings. The Labute approximate surface area is 210 Å². The molecule has 0 radical (unpaired) electrons. The molecule has 0 N–H and O–H groups in total. The van der Waals surface area contributed by atoms with Crippen molar-refractivity contribution in [2.45, 2.75) is 0 Å². The first kappa shape index (κ1) is 21.6. The van der Waals surface area contributed by atoms with Gasteiger partial charge in [0.2, 0.25) is 0 Å². The average molecular weight is 462 g/mol. The van der Waals surface area contributed by atoms with E-state index < -0.39 is 0 Å². The molecule has 0 aliphatic heterocycles. The first-order chi connectivity index (χ1) is 17.9. The Balaban J connectivity index is 1.67. The van der Waals surface area contributed by atoms with Gasteiger partial charge in [-0.3, -0.25) is 9.97 Å². The van der Waals surface area contributed by atoms with Crippen LogP contribution in [0.15, 0.2) is 140 Å². The molecule has 170 valence electrons. The van der Waals surface area contributed by atoms with Crippen LogP contribution in [0.5, 0.6) is 0 Å². The monoisotopic (exact) mass is 461 g/mol. The molecule has 0 bridgehead atoms. The van der Waals surface area contributed by atoms with Crippen molar-refractivity contribution in [3.05, 3.63) is 140 Å². The number of hydrogen-bond acceptors (Lipinski definition) is 3. The van der Waals surface area contributed by atoms with Crippen LogP contribution in [-0.2, 0) is 0 Å². The van der Waals surface area contributed by atoms with Crippen molar-refractivity contribution in [2.24, 2.45) is 0 Å². The molecule has 0 saturated heterocycles. The van der Waals surface area contributed by atoms with Gasteiger partial charge in [0.15, 0.2) is 0 Å². The topological polar surface area (TPSA) is 38.7 Å². The molecule has 0 aliphatic rings. The highest BCUT2D eigenvalue weighted by atomic mass is 14.8. The standard InChI is InChI=1S/C33H23N3/c1-3-12-24(13-4-1)27-16-11-17-28(25-14-5-2-6-15-25)33(27)26-22-31(29-18-7-9-20-34-29)36-32(23-26)30-19-8-10-21-35-30/h1-23H. The summed E-state index contributed by atoms with van der Waals surface area (Å²) >= 11 is 0. The maximum atomic E-state index is 4.98. The Kier molecular flexibility index (Phi) is 5.87. The molecule has 6 rings (SSSR count). The second-order valence-electron chi connectivity index (χ2n) is 8.52. The van der Waals surface area contributed by atoms with Crippen LogP contribution < -0.4 is 0 Å². The predicted molar refractivity (Wildman–Crippen MR) is 147 cm³/mol. The summed E-state index contributed by atoms with van der Waals surface area (Å²) in [6, 6.07) is 43.7. The summed E-state index contributed by atoms with van der Waals surface area (Å²) in [6.07, 6.45) is 3.61. The molecular formula is C33H23N3. The lowest BCUT2D eigenvalue weighted by molar-refractivity contribution is 1.22. The van der Waals surface area contributed by atoms with Crippen LogP contribution in [0.3, 0.4) is 0 Å². The molecule has 0 aliphatic carbocycles. The molecule has 0 unspecified atom stereocenters. The van der Waals surface area contributed by atoms with Crippen LogP contribution in [0, 0.1) is 0 Å². The van der Waals surface area contributed by atoms with E-state index in [2.05, 4.69) is 101 Å². The van der Waals surface area contributed by atoms with E-state index in [0.717, 1.165) is 33.9 Å². The molecule has 36 heavy (non-hydrogen) atoms. The normalized spacial score (nSPS) is 10.8. The van der Waals surface area contributed by atoms with Gasteiger partial charge in [0.05, 0.1) is 22.8 Å². The van der Waals surface area contributed by atoms with Crippen molar-refractivity contribution in [1.29, 1.82) is 0 Å². The number of rotatable bonds is 5. The van der Waals surface area contributed by atoms with Crippen molar-refractivity contribution in [3.63, 3.8) is 0 Å². The van der Waals surface area contributed by atoms with Crippen LogP contribution >= 0.6 is 0 Å². The molecule has 0 atom stereocenters. The third-order valence-electron chi connectivity index (χ3n) is 6.20. The largest absolute Gasteiger partial charge is 0.255 e. The molecule has 0 spiro atoms. The number of benzene rings is 3. The third-order valence-corrected chi connectivity index (χ3v) is 6.20. The Hall–Kier alpha value is -4.89. The second-order valence-corrected chi connectivity index (χ2v) is 8.52. The van der Waals surface area contributed by atoms with Crippen molar-refractivity contribution in [3.8, 4) is 56.2 Å². The highest BCUT2D eigenvalue weighted by Gasteiger charge is 2.17. The van der Waals surface area contributed by atoms with E-state index in [1.165, 1.54) is 22.3 Å². The SMILES string of the molecule is c1ccc(-c2cccc(-c3ccccc3)c2-c2cc(-c3ccccn3)nc(-c3ccccn3)c2)cc1. The van der Waals surface area contributed by atoms with Crippen LogP contribution in [0.1, 0.15) is 0 Å². The molecule has 3 aromatic heterocycles. The summed E-state index contributed by atoms with van der Waals surface area (Å²) in [5.74, 6) is 0. The van der Waals surface area contributed by atoms with E-state index in [0.29, 0.717) is 0 Å². The summed E-state index contributed by atoms with van der Waals surface area (Å²) in [7, 11) is 0. The number of nitrogens with zero attached hydrogens (tertiary/aromatic N) is 3. The molecule has 3 heteroatoms. The molecule has 3 nitrogen and oxygen atoms in total. The van der Waals surface area contributed by atoms with Crippen LogP contribution in [0.2, 0.25) is 0 Å². The van der Waals surface area contributed by atoms with Gasteiger partial charge in [0.1, 0.15) is 0 Å². The fourth-order valence-corrected chi connectivity index (χ4v) is 4.55. The molecule has 3 aromatic carbocycles. The Morgan fingerprint density at radius 2 is 0.833 bits per heavy atom. The number of pyridine rings is 3. The van der Waals surface area contributed by atoms with Gasteiger partial charge in [-0.1, -0.05) is 91.0 Å². The minimum atomic E-state index is 0.815. The average Bonchev–Trinajstić information content (AvgIpc) is 2.98. The molecule has 0 fully saturated rings. The fraction of sp³-hybridized carbons (Fsp3) is 0. The fourth-order valence-electron chi connectivity index (χ4n) is 4.55. The van der Waals surface area contributed by atoms with Crippen LogP contribution in [-0.4, -0.2) is 15.0 Å². The summed E-state index contributed by atoms with van der Waals surface area (Å²) in [4.78, 5) is 14.2. The zero-order valence-electron chi connectivity index (χ0n) is 19.6. The van der Waals surface area contributed by atoms with Gasteiger partial charge in [-0.05, 0) is 69.8 Å². The number of aromatic nitrogens is 3. The highest BCUT2D eigenvalue weighted by molar-refractivity contribution is 5.95. The molecule has 3 heterocycles. The lowest BCUT2D eigenvalue weighted by Gasteiger charge is -2.18. The smallest absolute Gasteiger partial charge is 0.0900 e.